The van der Waals surface area contributed by atoms with Crippen molar-refractivity contribution in [2.45, 2.75) is 58.2 Å². The van der Waals surface area contributed by atoms with E-state index in [1.807, 2.05) is 13.8 Å². The summed E-state index contributed by atoms with van der Waals surface area (Å²) in [7, 11) is -3.50. The van der Waals surface area contributed by atoms with Gasteiger partial charge in [-0.1, -0.05) is 13.8 Å². The van der Waals surface area contributed by atoms with Crippen LogP contribution < -0.4 is 0 Å². The molecule has 2 heterocycles. The molecule has 21 heavy (non-hydrogen) atoms. The highest BCUT2D eigenvalue weighted by atomic mass is 32.2. The monoisotopic (exact) mass is 314 g/mol. The van der Waals surface area contributed by atoms with Gasteiger partial charge in [-0.2, -0.15) is 4.31 Å². The maximum absolute atomic E-state index is 12.9. The Labute approximate surface area is 127 Å². The molecule has 0 spiro atoms. The van der Waals surface area contributed by atoms with E-state index in [9.17, 15) is 13.5 Å². The molecule has 0 saturated carbocycles. The summed E-state index contributed by atoms with van der Waals surface area (Å²) in [5.74, 6) is 0.727. The van der Waals surface area contributed by atoms with Crippen molar-refractivity contribution in [1.82, 2.24) is 8.87 Å². The van der Waals surface area contributed by atoms with Crippen LogP contribution in [0.4, 0.5) is 0 Å². The topological polar surface area (TPSA) is 62.5 Å². The molecule has 2 rings (SSSR count). The Kier molecular flexibility index (Phi) is 4.80. The van der Waals surface area contributed by atoms with Gasteiger partial charge in [0.25, 0.3) is 0 Å². The third-order valence-electron chi connectivity index (χ3n) is 4.61. The predicted molar refractivity (Wildman–Crippen MR) is 82.3 cm³/mol. The summed E-state index contributed by atoms with van der Waals surface area (Å²) in [6, 6.07) is 1.60. The number of aliphatic hydroxyl groups is 1. The zero-order valence-corrected chi connectivity index (χ0v) is 14.1. The van der Waals surface area contributed by atoms with E-state index in [2.05, 4.69) is 13.8 Å². The number of nitrogens with zero attached hydrogens (tertiary/aromatic N) is 2. The second-order valence-electron chi connectivity index (χ2n) is 6.24. The van der Waals surface area contributed by atoms with Crippen LogP contribution in [-0.2, 0) is 23.2 Å². The summed E-state index contributed by atoms with van der Waals surface area (Å²) >= 11 is 0. The highest BCUT2D eigenvalue weighted by Gasteiger charge is 2.37. The van der Waals surface area contributed by atoms with Gasteiger partial charge in [-0.15, -0.1) is 0 Å². The normalized spacial score (nSPS) is 28.0. The van der Waals surface area contributed by atoms with Crippen LogP contribution in [0.1, 0.15) is 39.8 Å². The second kappa shape index (κ2) is 6.10. The molecule has 1 saturated heterocycles. The molecule has 0 radical (unpaired) electrons. The van der Waals surface area contributed by atoms with Crippen LogP contribution in [0.25, 0.3) is 0 Å². The van der Waals surface area contributed by atoms with Crippen molar-refractivity contribution in [3.05, 3.63) is 18.0 Å². The van der Waals surface area contributed by atoms with Crippen molar-refractivity contribution in [2.24, 2.45) is 11.8 Å². The number of aliphatic hydroxyl groups excluding tert-OH is 1. The fraction of sp³-hybridized carbons (Fsp3) is 0.733. The first-order valence-electron chi connectivity index (χ1n) is 7.63. The van der Waals surface area contributed by atoms with Gasteiger partial charge in [0, 0.05) is 31.0 Å². The van der Waals surface area contributed by atoms with Crippen molar-refractivity contribution >= 4 is 10.0 Å². The van der Waals surface area contributed by atoms with E-state index in [0.717, 1.165) is 6.42 Å². The van der Waals surface area contributed by atoms with Gasteiger partial charge >= 0.3 is 0 Å². The molecule has 120 valence electrons. The molecule has 5 nitrogen and oxygen atoms in total. The minimum absolute atomic E-state index is 0.00810. The van der Waals surface area contributed by atoms with Gasteiger partial charge in [0.15, 0.2) is 0 Å². The first kappa shape index (κ1) is 16.5. The zero-order chi connectivity index (χ0) is 15.8. The highest BCUT2D eigenvalue weighted by molar-refractivity contribution is 7.89. The molecule has 6 heteroatoms. The number of piperidine rings is 1. The molecular weight excluding hydrogens is 288 g/mol. The molecule has 0 aromatic carbocycles. The fourth-order valence-corrected chi connectivity index (χ4v) is 5.12. The van der Waals surface area contributed by atoms with Crippen LogP contribution in [0, 0.1) is 11.8 Å². The van der Waals surface area contributed by atoms with E-state index in [-0.39, 0.29) is 12.6 Å². The Bertz CT molecular complexity index is 573. The fourth-order valence-electron chi connectivity index (χ4n) is 3.21. The maximum Gasteiger partial charge on any atom is 0.244 e. The molecule has 1 aliphatic heterocycles. The van der Waals surface area contributed by atoms with Gasteiger partial charge in [0.05, 0.1) is 6.61 Å². The van der Waals surface area contributed by atoms with E-state index in [1.165, 1.54) is 0 Å². The van der Waals surface area contributed by atoms with Crippen molar-refractivity contribution in [3.63, 3.8) is 0 Å². The molecule has 3 unspecified atom stereocenters. The van der Waals surface area contributed by atoms with Crippen molar-refractivity contribution < 1.29 is 13.5 Å². The van der Waals surface area contributed by atoms with Crippen molar-refractivity contribution in [3.8, 4) is 0 Å². The predicted octanol–water partition coefficient (Wildman–Crippen LogP) is 2.06. The van der Waals surface area contributed by atoms with Crippen LogP contribution in [0.2, 0.25) is 0 Å². The molecule has 1 N–H and O–H groups in total. The van der Waals surface area contributed by atoms with E-state index in [0.29, 0.717) is 35.5 Å². The quantitative estimate of drug-likeness (QED) is 0.925. The molecule has 0 bridgehead atoms. The summed E-state index contributed by atoms with van der Waals surface area (Å²) in [4.78, 5) is 0.293. The lowest BCUT2D eigenvalue weighted by molar-refractivity contribution is 0.157. The number of rotatable bonds is 4. The largest absolute Gasteiger partial charge is 0.390 e. The average Bonchev–Trinajstić information content (AvgIpc) is 2.86. The Balaban J connectivity index is 2.39. The number of hydrogen-bond acceptors (Lipinski definition) is 3. The highest BCUT2D eigenvalue weighted by Crippen LogP contribution is 2.32. The average molecular weight is 314 g/mol. The number of aromatic nitrogens is 1. The van der Waals surface area contributed by atoms with E-state index < -0.39 is 10.0 Å². The van der Waals surface area contributed by atoms with E-state index in [4.69, 9.17) is 0 Å². The summed E-state index contributed by atoms with van der Waals surface area (Å²) in [6.45, 7) is 9.20. The smallest absolute Gasteiger partial charge is 0.244 e. The second-order valence-corrected chi connectivity index (χ2v) is 8.14. The third-order valence-corrected chi connectivity index (χ3v) is 6.53. The number of aryl methyl sites for hydroxylation is 1. The molecule has 0 aliphatic carbocycles. The van der Waals surface area contributed by atoms with Crippen LogP contribution >= 0.6 is 0 Å². The van der Waals surface area contributed by atoms with Gasteiger partial charge in [-0.3, -0.25) is 0 Å². The van der Waals surface area contributed by atoms with Crippen LogP contribution in [0.5, 0.6) is 0 Å². The van der Waals surface area contributed by atoms with Crippen LogP contribution in [-0.4, -0.2) is 35.0 Å². The Morgan fingerprint density at radius 2 is 2.00 bits per heavy atom. The van der Waals surface area contributed by atoms with Gasteiger partial charge in [-0.05, 0) is 38.2 Å². The number of sulfonamides is 1. The maximum atomic E-state index is 12.9. The Hall–Kier alpha value is -0.850. The first-order chi connectivity index (χ1) is 9.81. The van der Waals surface area contributed by atoms with Crippen molar-refractivity contribution in [2.75, 3.05) is 6.54 Å². The molecule has 1 aromatic rings. The zero-order valence-electron chi connectivity index (χ0n) is 13.3. The van der Waals surface area contributed by atoms with Crippen molar-refractivity contribution in [1.29, 1.82) is 0 Å². The standard InChI is InChI=1S/C15H26N2O3S/c1-5-16-9-15(7-14(16)10-18)21(19,20)17-8-11(2)6-12(3)13(17)4/h7,9,11-13,18H,5-6,8,10H2,1-4H3. The summed E-state index contributed by atoms with van der Waals surface area (Å²) in [5, 5.41) is 9.35. The van der Waals surface area contributed by atoms with E-state index in [1.54, 1.807) is 21.1 Å². The lowest BCUT2D eigenvalue weighted by atomic mass is 9.88. The first-order valence-corrected chi connectivity index (χ1v) is 9.07. The minimum atomic E-state index is -3.50. The van der Waals surface area contributed by atoms with Crippen LogP contribution in [0.15, 0.2) is 17.2 Å². The summed E-state index contributed by atoms with van der Waals surface area (Å²) < 4.78 is 29.2. The van der Waals surface area contributed by atoms with Gasteiger partial charge < -0.3 is 9.67 Å². The summed E-state index contributed by atoms with van der Waals surface area (Å²) in [5.41, 5.74) is 0.641. The van der Waals surface area contributed by atoms with Crippen LogP contribution in [0.3, 0.4) is 0 Å². The molecule has 1 fully saturated rings. The lowest BCUT2D eigenvalue weighted by Gasteiger charge is -2.39. The molecule has 1 aromatic heterocycles. The molecule has 1 aliphatic rings. The lowest BCUT2D eigenvalue weighted by Crippen LogP contribution is -2.48. The minimum Gasteiger partial charge on any atom is -0.390 e. The molecule has 0 amide bonds. The summed E-state index contributed by atoms with van der Waals surface area (Å²) in [6.07, 6.45) is 2.70. The molecular formula is C15H26N2O3S. The SMILES string of the molecule is CCn1cc(S(=O)(=O)N2CC(C)CC(C)C2C)cc1CO. The Morgan fingerprint density at radius 1 is 1.33 bits per heavy atom. The van der Waals surface area contributed by atoms with Gasteiger partial charge in [-0.25, -0.2) is 8.42 Å². The molecule has 3 atom stereocenters. The van der Waals surface area contributed by atoms with Gasteiger partial charge in [0.1, 0.15) is 4.90 Å². The van der Waals surface area contributed by atoms with Gasteiger partial charge in [0.2, 0.25) is 10.0 Å². The van der Waals surface area contributed by atoms with E-state index >= 15 is 0 Å². The Morgan fingerprint density at radius 3 is 2.52 bits per heavy atom. The number of hydrogen-bond donors (Lipinski definition) is 1. The third kappa shape index (κ3) is 3.03.